The monoisotopic (exact) mass is 136 g/mol. The van der Waals surface area contributed by atoms with Gasteiger partial charge in [0.2, 0.25) is 6.79 Å². The molecule has 0 aromatic carbocycles. The summed E-state index contributed by atoms with van der Waals surface area (Å²) in [5.41, 5.74) is 0. The zero-order valence-electron chi connectivity index (χ0n) is 5.54. The molecule has 2 heteroatoms. The van der Waals surface area contributed by atoms with E-state index >= 15 is 0 Å². The van der Waals surface area contributed by atoms with Crippen LogP contribution in [0.2, 0.25) is 0 Å². The highest BCUT2D eigenvalue weighted by Crippen LogP contribution is 2.21. The van der Waals surface area contributed by atoms with Crippen molar-refractivity contribution in [1.82, 2.24) is 0 Å². The molecule has 0 unspecified atom stereocenters. The summed E-state index contributed by atoms with van der Waals surface area (Å²) in [5.74, 6) is 1.98. The van der Waals surface area contributed by atoms with Gasteiger partial charge in [-0.05, 0) is 12.2 Å². The summed E-state index contributed by atoms with van der Waals surface area (Å²) in [6, 6.07) is 0. The predicted octanol–water partition coefficient (Wildman–Crippen LogP) is 1.72. The van der Waals surface area contributed by atoms with Crippen molar-refractivity contribution in [3.8, 4) is 0 Å². The van der Waals surface area contributed by atoms with E-state index < -0.39 is 0 Å². The van der Waals surface area contributed by atoms with Crippen LogP contribution in [0.15, 0.2) is 35.8 Å². The van der Waals surface area contributed by atoms with Crippen LogP contribution in [0.3, 0.4) is 0 Å². The number of ether oxygens (including phenoxy) is 2. The number of allylic oxidation sites excluding steroid dienone is 4. The Morgan fingerprint density at radius 1 is 1.00 bits per heavy atom. The zero-order chi connectivity index (χ0) is 6.81. The highest BCUT2D eigenvalue weighted by atomic mass is 16.7. The average molecular weight is 136 g/mol. The van der Waals surface area contributed by atoms with Gasteiger partial charge in [0.05, 0.1) is 6.42 Å². The minimum Gasteiger partial charge on any atom is -0.461 e. The Hall–Kier alpha value is -1.18. The van der Waals surface area contributed by atoms with Crippen LogP contribution in [-0.2, 0) is 9.47 Å². The molecule has 0 atom stereocenters. The van der Waals surface area contributed by atoms with E-state index in [1.165, 1.54) is 0 Å². The summed E-state index contributed by atoms with van der Waals surface area (Å²) in [7, 11) is 0. The Morgan fingerprint density at radius 3 is 2.20 bits per heavy atom. The predicted molar refractivity (Wildman–Crippen MR) is 37.0 cm³/mol. The van der Waals surface area contributed by atoms with Gasteiger partial charge in [0.25, 0.3) is 0 Å². The first-order chi connectivity index (χ1) is 4.95. The number of hydrogen-bond acceptors (Lipinski definition) is 2. The zero-order valence-corrected chi connectivity index (χ0v) is 5.54. The second-order valence-corrected chi connectivity index (χ2v) is 2.23. The number of hydrogen-bond donors (Lipinski definition) is 0. The third-order valence-electron chi connectivity index (χ3n) is 1.51. The van der Waals surface area contributed by atoms with E-state index in [0.29, 0.717) is 6.79 Å². The van der Waals surface area contributed by atoms with Crippen LogP contribution < -0.4 is 0 Å². The molecule has 0 radical (unpaired) electrons. The standard InChI is InChI=1S/C8H8O2/c1-2-4-8-5-7(3-1)9-6-10-8/h1-4H,5-6H2. The topological polar surface area (TPSA) is 18.5 Å². The third-order valence-corrected chi connectivity index (χ3v) is 1.51. The Labute approximate surface area is 59.4 Å². The highest BCUT2D eigenvalue weighted by molar-refractivity contribution is 5.24. The van der Waals surface area contributed by atoms with Crippen LogP contribution >= 0.6 is 0 Å². The first kappa shape index (κ1) is 5.59. The van der Waals surface area contributed by atoms with Crippen molar-refractivity contribution in [1.29, 1.82) is 0 Å². The van der Waals surface area contributed by atoms with Crippen molar-refractivity contribution in [3.05, 3.63) is 35.8 Å². The molecule has 2 rings (SSSR count). The van der Waals surface area contributed by atoms with E-state index in [4.69, 9.17) is 9.47 Å². The van der Waals surface area contributed by atoms with Gasteiger partial charge >= 0.3 is 0 Å². The van der Waals surface area contributed by atoms with E-state index in [1.807, 2.05) is 24.3 Å². The smallest absolute Gasteiger partial charge is 0.229 e. The summed E-state index contributed by atoms with van der Waals surface area (Å²) in [6.07, 6.45) is 8.64. The second-order valence-electron chi connectivity index (χ2n) is 2.23. The molecule has 0 aromatic heterocycles. The molecule has 1 aliphatic heterocycles. The molecule has 1 heterocycles. The van der Waals surface area contributed by atoms with E-state index in [9.17, 15) is 0 Å². The molecule has 2 nitrogen and oxygen atoms in total. The molecule has 0 amide bonds. The van der Waals surface area contributed by atoms with Crippen LogP contribution in [0.4, 0.5) is 0 Å². The van der Waals surface area contributed by atoms with Gasteiger partial charge in [-0.2, -0.15) is 0 Å². The molecule has 0 N–H and O–H groups in total. The Morgan fingerprint density at radius 2 is 1.60 bits per heavy atom. The lowest BCUT2D eigenvalue weighted by atomic mass is 10.3. The fourth-order valence-electron chi connectivity index (χ4n) is 0.994. The summed E-state index contributed by atoms with van der Waals surface area (Å²) < 4.78 is 10.4. The maximum Gasteiger partial charge on any atom is 0.229 e. The van der Waals surface area contributed by atoms with Gasteiger partial charge in [-0.15, -0.1) is 0 Å². The first-order valence-corrected chi connectivity index (χ1v) is 3.27. The molecule has 1 aliphatic carbocycles. The van der Waals surface area contributed by atoms with Crippen molar-refractivity contribution < 1.29 is 9.47 Å². The van der Waals surface area contributed by atoms with Gasteiger partial charge in [0, 0.05) is 0 Å². The minimum absolute atomic E-state index is 0.360. The normalized spacial score (nSPS) is 21.6. The third kappa shape index (κ3) is 0.923. The van der Waals surface area contributed by atoms with Gasteiger partial charge in [-0.3, -0.25) is 0 Å². The highest BCUT2D eigenvalue weighted by Gasteiger charge is 2.11. The molecule has 1 fully saturated rings. The Kier molecular flexibility index (Phi) is 1.24. The maximum atomic E-state index is 5.18. The van der Waals surface area contributed by atoms with Crippen molar-refractivity contribution in [2.45, 2.75) is 6.42 Å². The molecule has 1 saturated heterocycles. The number of rotatable bonds is 0. The molecule has 0 aromatic rings. The van der Waals surface area contributed by atoms with E-state index in [1.54, 1.807) is 0 Å². The lowest BCUT2D eigenvalue weighted by molar-refractivity contribution is -0.0207. The van der Waals surface area contributed by atoms with Crippen LogP contribution in [0.1, 0.15) is 6.42 Å². The summed E-state index contributed by atoms with van der Waals surface area (Å²) in [4.78, 5) is 0. The molecule has 2 bridgehead atoms. The van der Waals surface area contributed by atoms with Crippen molar-refractivity contribution >= 4 is 0 Å². The van der Waals surface area contributed by atoms with Crippen LogP contribution in [0.25, 0.3) is 0 Å². The van der Waals surface area contributed by atoms with Crippen molar-refractivity contribution in [3.63, 3.8) is 0 Å². The summed E-state index contributed by atoms with van der Waals surface area (Å²) in [5, 5.41) is 0. The van der Waals surface area contributed by atoms with Gasteiger partial charge in [0.15, 0.2) is 0 Å². The van der Waals surface area contributed by atoms with Crippen LogP contribution in [0.5, 0.6) is 0 Å². The summed E-state index contributed by atoms with van der Waals surface area (Å²) in [6.45, 7) is 0.360. The summed E-state index contributed by atoms with van der Waals surface area (Å²) >= 11 is 0. The molecule has 0 saturated carbocycles. The van der Waals surface area contributed by atoms with Crippen molar-refractivity contribution in [2.24, 2.45) is 0 Å². The first-order valence-electron chi connectivity index (χ1n) is 3.27. The van der Waals surface area contributed by atoms with Crippen LogP contribution in [0, 0.1) is 0 Å². The van der Waals surface area contributed by atoms with Gasteiger partial charge in [0.1, 0.15) is 11.5 Å². The molecule has 52 valence electrons. The molecule has 10 heavy (non-hydrogen) atoms. The average Bonchev–Trinajstić information content (AvgIpc) is 2.12. The fourth-order valence-corrected chi connectivity index (χ4v) is 0.994. The molecular weight excluding hydrogens is 128 g/mol. The Bertz CT molecular complexity index is 201. The molecular formula is C8H8O2. The number of fused-ring (bicyclic) bond motifs is 2. The Balaban J connectivity index is 2.31. The van der Waals surface area contributed by atoms with E-state index in [0.717, 1.165) is 17.9 Å². The van der Waals surface area contributed by atoms with Gasteiger partial charge in [-0.1, -0.05) is 12.2 Å². The fraction of sp³-hybridized carbons (Fsp3) is 0.250. The lowest BCUT2D eigenvalue weighted by Gasteiger charge is -2.18. The maximum absolute atomic E-state index is 5.18. The van der Waals surface area contributed by atoms with Gasteiger partial charge < -0.3 is 9.47 Å². The largest absolute Gasteiger partial charge is 0.461 e. The van der Waals surface area contributed by atoms with Gasteiger partial charge in [-0.25, -0.2) is 0 Å². The lowest BCUT2D eigenvalue weighted by Crippen LogP contribution is -2.07. The van der Waals surface area contributed by atoms with E-state index in [-0.39, 0.29) is 0 Å². The van der Waals surface area contributed by atoms with E-state index in [2.05, 4.69) is 0 Å². The molecule has 0 spiro atoms. The van der Waals surface area contributed by atoms with Crippen LogP contribution in [-0.4, -0.2) is 6.79 Å². The van der Waals surface area contributed by atoms with Crippen molar-refractivity contribution in [2.75, 3.05) is 6.79 Å². The minimum atomic E-state index is 0.360. The second kappa shape index (κ2) is 2.21. The SMILES string of the molecule is C1=CC=C2CC(=C1)OCO2. The quantitative estimate of drug-likeness (QED) is 0.504. The molecule has 2 aliphatic rings.